The van der Waals surface area contributed by atoms with E-state index in [0.29, 0.717) is 6.42 Å². The second-order valence-electron chi connectivity index (χ2n) is 9.92. The molecule has 0 bridgehead atoms. The van der Waals surface area contributed by atoms with Crippen LogP contribution in [0.15, 0.2) is 0 Å². The fraction of sp³-hybridized carbons (Fsp3) is 0.963. The molecule has 0 saturated carbocycles. The van der Waals surface area contributed by atoms with Gasteiger partial charge in [-0.1, -0.05) is 135 Å². The maximum atomic E-state index is 11.9. The van der Waals surface area contributed by atoms with E-state index >= 15 is 0 Å². The zero-order chi connectivity index (χ0) is 24.6. The van der Waals surface area contributed by atoms with Crippen LogP contribution in [0, 0.1) is 0 Å². The minimum Gasteiger partial charge on any atom is -0.345 e. The predicted molar refractivity (Wildman–Crippen MR) is 141 cm³/mol. The van der Waals surface area contributed by atoms with Crippen LogP contribution < -0.4 is 0 Å². The van der Waals surface area contributed by atoms with Crippen LogP contribution in [-0.2, 0) is 14.9 Å². The number of hydrogen-bond acceptors (Lipinski definition) is 3. The molecular formula is C27H55NO4S. The lowest BCUT2D eigenvalue weighted by atomic mass is 10.0. The van der Waals surface area contributed by atoms with Gasteiger partial charge in [0.05, 0.1) is 5.75 Å². The van der Waals surface area contributed by atoms with Crippen molar-refractivity contribution in [3.8, 4) is 0 Å². The number of amides is 1. The van der Waals surface area contributed by atoms with Crippen LogP contribution in [0.2, 0.25) is 0 Å². The molecule has 5 nitrogen and oxygen atoms in total. The Hall–Kier alpha value is -0.620. The molecule has 0 unspecified atom stereocenters. The Bertz CT molecular complexity index is 536. The second kappa shape index (κ2) is 23.1. The molecule has 198 valence electrons. The van der Waals surface area contributed by atoms with Gasteiger partial charge in [-0.15, -0.1) is 0 Å². The average molecular weight is 490 g/mol. The lowest BCUT2D eigenvalue weighted by molar-refractivity contribution is -0.129. The number of rotatable bonds is 25. The van der Waals surface area contributed by atoms with Gasteiger partial charge in [0.2, 0.25) is 5.91 Å². The fourth-order valence-corrected chi connectivity index (χ4v) is 4.78. The van der Waals surface area contributed by atoms with Crippen molar-refractivity contribution in [2.75, 3.05) is 19.3 Å². The Morgan fingerprint density at radius 1 is 0.606 bits per heavy atom. The predicted octanol–water partition coefficient (Wildman–Crippen LogP) is 7.93. The number of carbonyl (C=O) groups excluding carboxylic acids is 1. The van der Waals surface area contributed by atoms with E-state index in [1.165, 1.54) is 127 Å². The van der Waals surface area contributed by atoms with E-state index in [0.717, 1.165) is 12.8 Å². The summed E-state index contributed by atoms with van der Waals surface area (Å²) in [6.07, 6.45) is 28.6. The topological polar surface area (TPSA) is 74.7 Å². The highest BCUT2D eigenvalue weighted by molar-refractivity contribution is 7.85. The van der Waals surface area contributed by atoms with Gasteiger partial charge >= 0.3 is 0 Å². The average Bonchev–Trinajstić information content (AvgIpc) is 2.77. The SMILES string of the molecule is CCCCCCCCCCCCCCCCCCCCCCCC(=O)N(C)CCS(=O)(=O)O. The van der Waals surface area contributed by atoms with E-state index in [1.807, 2.05) is 0 Å². The van der Waals surface area contributed by atoms with Gasteiger partial charge in [-0.05, 0) is 6.42 Å². The van der Waals surface area contributed by atoms with Crippen LogP contribution in [0.25, 0.3) is 0 Å². The van der Waals surface area contributed by atoms with Gasteiger partial charge in [0.25, 0.3) is 10.1 Å². The second-order valence-corrected chi connectivity index (χ2v) is 11.5. The Labute approximate surface area is 206 Å². The van der Waals surface area contributed by atoms with E-state index in [1.54, 1.807) is 7.05 Å². The van der Waals surface area contributed by atoms with Crippen molar-refractivity contribution >= 4 is 16.0 Å². The Morgan fingerprint density at radius 3 is 1.21 bits per heavy atom. The van der Waals surface area contributed by atoms with E-state index in [9.17, 15) is 13.2 Å². The molecule has 0 rings (SSSR count). The third-order valence-electron chi connectivity index (χ3n) is 6.60. The number of unbranched alkanes of at least 4 members (excludes halogenated alkanes) is 20. The first-order chi connectivity index (χ1) is 15.9. The maximum absolute atomic E-state index is 11.9. The lowest BCUT2D eigenvalue weighted by Crippen LogP contribution is -2.31. The summed E-state index contributed by atoms with van der Waals surface area (Å²) in [5.74, 6) is -0.439. The van der Waals surface area contributed by atoms with E-state index < -0.39 is 15.9 Å². The summed E-state index contributed by atoms with van der Waals surface area (Å²) in [6, 6.07) is 0. The zero-order valence-corrected chi connectivity index (χ0v) is 22.8. The fourth-order valence-electron chi connectivity index (χ4n) is 4.28. The highest BCUT2D eigenvalue weighted by Crippen LogP contribution is 2.15. The molecule has 0 aromatic rings. The smallest absolute Gasteiger partial charge is 0.266 e. The van der Waals surface area contributed by atoms with Gasteiger partial charge in [-0.3, -0.25) is 9.35 Å². The van der Waals surface area contributed by atoms with Crippen molar-refractivity contribution in [3.05, 3.63) is 0 Å². The molecular weight excluding hydrogens is 434 g/mol. The largest absolute Gasteiger partial charge is 0.345 e. The third-order valence-corrected chi connectivity index (χ3v) is 7.30. The van der Waals surface area contributed by atoms with E-state index in [2.05, 4.69) is 6.92 Å². The summed E-state index contributed by atoms with van der Waals surface area (Å²) in [7, 11) is -2.41. The molecule has 1 amide bonds. The van der Waals surface area contributed by atoms with Crippen molar-refractivity contribution in [2.24, 2.45) is 0 Å². The van der Waals surface area contributed by atoms with Crippen molar-refractivity contribution in [1.82, 2.24) is 4.90 Å². The first-order valence-corrected chi connectivity index (χ1v) is 15.7. The van der Waals surface area contributed by atoms with Crippen molar-refractivity contribution in [1.29, 1.82) is 0 Å². The first-order valence-electron chi connectivity index (χ1n) is 14.1. The van der Waals surface area contributed by atoms with Crippen molar-refractivity contribution in [3.63, 3.8) is 0 Å². The molecule has 0 fully saturated rings. The molecule has 0 heterocycles. The standard InChI is InChI=1S/C27H55NO4S/c1-3-4-5-6-7-8-9-10-11-12-13-14-15-16-17-18-19-20-21-22-23-24-27(29)28(2)25-26-33(30,31)32/h3-26H2,1-2H3,(H,30,31,32). The molecule has 0 atom stereocenters. The first kappa shape index (κ1) is 32.4. The molecule has 0 spiro atoms. The molecule has 33 heavy (non-hydrogen) atoms. The summed E-state index contributed by atoms with van der Waals surface area (Å²) in [5.41, 5.74) is 0. The lowest BCUT2D eigenvalue weighted by Gasteiger charge is -2.16. The van der Waals surface area contributed by atoms with E-state index in [-0.39, 0.29) is 12.5 Å². The monoisotopic (exact) mass is 489 g/mol. The number of hydrogen-bond donors (Lipinski definition) is 1. The van der Waals surface area contributed by atoms with Gasteiger partial charge in [-0.25, -0.2) is 0 Å². The van der Waals surface area contributed by atoms with Crippen LogP contribution in [0.5, 0.6) is 0 Å². The summed E-state index contributed by atoms with van der Waals surface area (Å²) >= 11 is 0. The molecule has 6 heteroatoms. The highest BCUT2D eigenvalue weighted by atomic mass is 32.2. The third kappa shape index (κ3) is 25.8. The van der Waals surface area contributed by atoms with Crippen molar-refractivity contribution < 1.29 is 17.8 Å². The molecule has 0 saturated heterocycles. The molecule has 0 aliphatic heterocycles. The van der Waals surface area contributed by atoms with Gasteiger partial charge in [0.15, 0.2) is 0 Å². The number of carbonyl (C=O) groups is 1. The quantitative estimate of drug-likeness (QED) is 0.104. The number of nitrogens with zero attached hydrogens (tertiary/aromatic N) is 1. The van der Waals surface area contributed by atoms with Gasteiger partial charge < -0.3 is 4.90 Å². The van der Waals surface area contributed by atoms with Crippen LogP contribution >= 0.6 is 0 Å². The molecule has 0 aromatic heterocycles. The minimum absolute atomic E-state index is 0.0449. The van der Waals surface area contributed by atoms with Gasteiger partial charge in [0.1, 0.15) is 0 Å². The molecule has 0 aliphatic carbocycles. The zero-order valence-electron chi connectivity index (χ0n) is 22.0. The van der Waals surface area contributed by atoms with Crippen molar-refractivity contribution in [2.45, 2.75) is 148 Å². The van der Waals surface area contributed by atoms with Crippen LogP contribution in [0.3, 0.4) is 0 Å². The van der Waals surface area contributed by atoms with Crippen LogP contribution in [0.4, 0.5) is 0 Å². The summed E-state index contributed by atoms with van der Waals surface area (Å²) in [4.78, 5) is 13.3. The Kier molecular flexibility index (Phi) is 22.7. The van der Waals surface area contributed by atoms with Crippen LogP contribution in [-0.4, -0.2) is 43.1 Å². The van der Waals surface area contributed by atoms with E-state index in [4.69, 9.17) is 4.55 Å². The Morgan fingerprint density at radius 2 is 0.909 bits per heavy atom. The molecule has 0 radical (unpaired) electrons. The van der Waals surface area contributed by atoms with Gasteiger partial charge in [0, 0.05) is 20.0 Å². The Balaban J connectivity index is 3.23. The highest BCUT2D eigenvalue weighted by Gasteiger charge is 2.12. The molecule has 0 aliphatic rings. The maximum Gasteiger partial charge on any atom is 0.266 e. The van der Waals surface area contributed by atoms with Gasteiger partial charge in [-0.2, -0.15) is 8.42 Å². The normalized spacial score (nSPS) is 11.7. The summed E-state index contributed by atoms with van der Waals surface area (Å²) in [6.45, 7) is 2.33. The summed E-state index contributed by atoms with van der Waals surface area (Å²) < 4.78 is 30.2. The molecule has 1 N–H and O–H groups in total. The molecule has 0 aromatic carbocycles. The van der Waals surface area contributed by atoms with Crippen LogP contribution in [0.1, 0.15) is 148 Å². The summed E-state index contributed by atoms with van der Waals surface area (Å²) in [5, 5.41) is 0. The minimum atomic E-state index is -4.00.